The Hall–Kier alpha value is -1.98. The summed E-state index contributed by atoms with van der Waals surface area (Å²) in [6.45, 7) is 1.48. The smallest absolute Gasteiger partial charge is 0.321 e. The first kappa shape index (κ1) is 15.1. The molecule has 2 N–H and O–H groups in total. The minimum Gasteiger partial charge on any atom is -0.480 e. The van der Waals surface area contributed by atoms with Crippen molar-refractivity contribution in [1.29, 1.82) is 5.26 Å². The van der Waals surface area contributed by atoms with Gasteiger partial charge in [0.2, 0.25) is 10.0 Å². The highest BCUT2D eigenvalue weighted by atomic mass is 32.2. The van der Waals surface area contributed by atoms with E-state index in [0.717, 1.165) is 18.2 Å². The molecule has 6 nitrogen and oxygen atoms in total. The minimum absolute atomic E-state index is 0.0196. The molecule has 0 amide bonds. The highest BCUT2D eigenvalue weighted by Gasteiger charge is 2.27. The zero-order valence-electron chi connectivity index (χ0n) is 9.92. The SMILES string of the molecule is CCC(NS(=O)(=O)c1cccc(F)c1C#N)C(=O)O. The third kappa shape index (κ3) is 3.27. The molecule has 102 valence electrons. The Morgan fingerprint density at radius 1 is 1.58 bits per heavy atom. The van der Waals surface area contributed by atoms with Gasteiger partial charge in [-0.05, 0) is 18.6 Å². The second-order valence-electron chi connectivity index (χ2n) is 3.65. The van der Waals surface area contributed by atoms with Crippen molar-refractivity contribution in [2.24, 2.45) is 0 Å². The molecule has 0 radical (unpaired) electrons. The van der Waals surface area contributed by atoms with Crippen LogP contribution in [0.4, 0.5) is 4.39 Å². The van der Waals surface area contributed by atoms with Gasteiger partial charge in [-0.25, -0.2) is 12.8 Å². The summed E-state index contributed by atoms with van der Waals surface area (Å²) in [4.78, 5) is 10.2. The average molecular weight is 286 g/mol. The van der Waals surface area contributed by atoms with Gasteiger partial charge in [-0.2, -0.15) is 9.98 Å². The summed E-state index contributed by atoms with van der Waals surface area (Å²) in [5.74, 6) is -2.32. The highest BCUT2D eigenvalue weighted by Crippen LogP contribution is 2.18. The van der Waals surface area contributed by atoms with E-state index >= 15 is 0 Å². The summed E-state index contributed by atoms with van der Waals surface area (Å²) < 4.78 is 39.1. The van der Waals surface area contributed by atoms with Crippen LogP contribution in [0.25, 0.3) is 0 Å². The number of halogens is 1. The summed E-state index contributed by atoms with van der Waals surface area (Å²) in [5, 5.41) is 17.6. The van der Waals surface area contributed by atoms with E-state index in [1.807, 2.05) is 4.72 Å². The van der Waals surface area contributed by atoms with Crippen molar-refractivity contribution in [2.75, 3.05) is 0 Å². The zero-order valence-corrected chi connectivity index (χ0v) is 10.7. The molecule has 19 heavy (non-hydrogen) atoms. The molecule has 8 heteroatoms. The lowest BCUT2D eigenvalue weighted by atomic mass is 10.2. The Morgan fingerprint density at radius 2 is 2.21 bits per heavy atom. The van der Waals surface area contributed by atoms with Gasteiger partial charge in [0.15, 0.2) is 0 Å². The topological polar surface area (TPSA) is 107 Å². The van der Waals surface area contributed by atoms with Crippen molar-refractivity contribution in [1.82, 2.24) is 4.72 Å². The molecular formula is C11H11FN2O4S. The maximum absolute atomic E-state index is 13.3. The molecule has 1 aromatic carbocycles. The van der Waals surface area contributed by atoms with Gasteiger partial charge in [0.1, 0.15) is 28.4 Å². The molecule has 1 rings (SSSR count). The number of carbonyl (C=O) groups is 1. The Morgan fingerprint density at radius 3 is 2.68 bits per heavy atom. The zero-order chi connectivity index (χ0) is 14.6. The maximum Gasteiger partial charge on any atom is 0.321 e. The van der Waals surface area contributed by atoms with Crippen LogP contribution in [0, 0.1) is 17.1 Å². The Kier molecular flexibility index (Phi) is 4.58. The molecule has 0 aliphatic rings. The normalized spacial score (nSPS) is 12.7. The second-order valence-corrected chi connectivity index (χ2v) is 5.33. The molecule has 0 aromatic heterocycles. The number of sulfonamides is 1. The number of nitriles is 1. The van der Waals surface area contributed by atoms with E-state index in [4.69, 9.17) is 10.4 Å². The van der Waals surface area contributed by atoms with Crippen LogP contribution in [0.5, 0.6) is 0 Å². The summed E-state index contributed by atoms with van der Waals surface area (Å²) in [7, 11) is -4.28. The van der Waals surface area contributed by atoms with Crippen molar-refractivity contribution in [3.8, 4) is 6.07 Å². The Labute approximate surface area is 109 Å². The summed E-state index contributed by atoms with van der Waals surface area (Å²) >= 11 is 0. The molecular weight excluding hydrogens is 275 g/mol. The second kappa shape index (κ2) is 5.77. The number of carboxylic acid groups (broad SMARTS) is 1. The van der Waals surface area contributed by atoms with Crippen LogP contribution in [-0.4, -0.2) is 25.5 Å². The monoisotopic (exact) mass is 286 g/mol. The fraction of sp³-hybridized carbons (Fsp3) is 0.273. The molecule has 0 heterocycles. The lowest BCUT2D eigenvalue weighted by molar-refractivity contribution is -0.139. The molecule has 0 saturated heterocycles. The van der Waals surface area contributed by atoms with Crippen LogP contribution in [0.2, 0.25) is 0 Å². The van der Waals surface area contributed by atoms with Gasteiger partial charge in [-0.15, -0.1) is 0 Å². The average Bonchev–Trinajstić information content (AvgIpc) is 2.35. The molecule has 0 spiro atoms. The Balaban J connectivity index is 3.26. The van der Waals surface area contributed by atoms with Gasteiger partial charge >= 0.3 is 5.97 Å². The van der Waals surface area contributed by atoms with Gasteiger partial charge < -0.3 is 5.11 Å². The summed E-state index contributed by atoms with van der Waals surface area (Å²) in [6.07, 6.45) is 0.0196. The first-order chi connectivity index (χ1) is 8.83. The number of hydrogen-bond donors (Lipinski definition) is 2. The molecule has 1 aromatic rings. The summed E-state index contributed by atoms with van der Waals surface area (Å²) in [5.41, 5.74) is -0.643. The van der Waals surface area contributed by atoms with Crippen molar-refractivity contribution in [3.05, 3.63) is 29.6 Å². The number of nitrogens with zero attached hydrogens (tertiary/aromatic N) is 1. The standard InChI is InChI=1S/C11H11FN2O4S/c1-2-9(11(15)16)14-19(17,18)10-5-3-4-8(12)7(10)6-13/h3-5,9,14H,2H2,1H3,(H,15,16). The number of benzene rings is 1. The van der Waals surface area contributed by atoms with Gasteiger partial charge in [0, 0.05) is 0 Å². The van der Waals surface area contributed by atoms with Crippen molar-refractivity contribution < 1.29 is 22.7 Å². The fourth-order valence-corrected chi connectivity index (χ4v) is 2.83. The third-order valence-corrected chi connectivity index (χ3v) is 3.89. The van der Waals surface area contributed by atoms with Crippen LogP contribution in [0.1, 0.15) is 18.9 Å². The molecule has 0 bridgehead atoms. The predicted octanol–water partition coefficient (Wildman–Crippen LogP) is 0.839. The first-order valence-corrected chi connectivity index (χ1v) is 6.75. The summed E-state index contributed by atoms with van der Waals surface area (Å²) in [6, 6.07) is 3.24. The lowest BCUT2D eigenvalue weighted by Gasteiger charge is -2.13. The predicted molar refractivity (Wildman–Crippen MR) is 63.2 cm³/mol. The first-order valence-electron chi connectivity index (χ1n) is 5.27. The van der Waals surface area contributed by atoms with E-state index in [2.05, 4.69) is 0 Å². The number of aliphatic carboxylic acids is 1. The van der Waals surface area contributed by atoms with E-state index in [0.29, 0.717) is 0 Å². The molecule has 0 saturated carbocycles. The largest absolute Gasteiger partial charge is 0.480 e. The van der Waals surface area contributed by atoms with Gasteiger partial charge in [0.05, 0.1) is 0 Å². The van der Waals surface area contributed by atoms with Crippen LogP contribution >= 0.6 is 0 Å². The minimum atomic E-state index is -4.28. The van der Waals surface area contributed by atoms with Crippen LogP contribution in [0.15, 0.2) is 23.1 Å². The Bertz CT molecular complexity index is 637. The quantitative estimate of drug-likeness (QED) is 0.834. The van der Waals surface area contributed by atoms with Crippen molar-refractivity contribution >= 4 is 16.0 Å². The molecule has 0 aliphatic carbocycles. The maximum atomic E-state index is 13.3. The van der Waals surface area contributed by atoms with Crippen molar-refractivity contribution in [2.45, 2.75) is 24.3 Å². The van der Waals surface area contributed by atoms with Crippen molar-refractivity contribution in [3.63, 3.8) is 0 Å². The van der Waals surface area contributed by atoms with Crippen LogP contribution in [0.3, 0.4) is 0 Å². The van der Waals surface area contributed by atoms with E-state index in [1.165, 1.54) is 13.0 Å². The van der Waals surface area contributed by atoms with Crippen LogP contribution < -0.4 is 4.72 Å². The van der Waals surface area contributed by atoms with E-state index in [1.54, 1.807) is 0 Å². The number of hydrogen-bond acceptors (Lipinski definition) is 4. The van der Waals surface area contributed by atoms with E-state index in [-0.39, 0.29) is 6.42 Å². The lowest BCUT2D eigenvalue weighted by Crippen LogP contribution is -2.40. The number of carboxylic acids is 1. The van der Waals surface area contributed by atoms with Crippen LogP contribution in [-0.2, 0) is 14.8 Å². The molecule has 1 unspecified atom stereocenters. The molecule has 1 atom stereocenters. The van der Waals surface area contributed by atoms with Gasteiger partial charge in [0.25, 0.3) is 0 Å². The van der Waals surface area contributed by atoms with E-state index < -0.39 is 38.3 Å². The third-order valence-electron chi connectivity index (χ3n) is 2.38. The number of nitrogens with one attached hydrogen (secondary N) is 1. The van der Waals surface area contributed by atoms with Gasteiger partial charge in [-0.1, -0.05) is 13.0 Å². The highest BCUT2D eigenvalue weighted by molar-refractivity contribution is 7.89. The number of rotatable bonds is 5. The van der Waals surface area contributed by atoms with E-state index in [9.17, 15) is 17.6 Å². The molecule has 0 fully saturated rings. The molecule has 0 aliphatic heterocycles. The fourth-order valence-electron chi connectivity index (χ4n) is 1.40. The van der Waals surface area contributed by atoms with Gasteiger partial charge in [-0.3, -0.25) is 4.79 Å².